The third-order valence-electron chi connectivity index (χ3n) is 2.01. The van der Waals surface area contributed by atoms with Crippen LogP contribution in [0, 0.1) is 0 Å². The molecule has 1 N–H and O–H groups in total. The average Bonchev–Trinajstić information content (AvgIpc) is 2.24. The predicted molar refractivity (Wildman–Crippen MR) is 67.6 cm³/mol. The number of nitrogens with one attached hydrogen (secondary N) is 1. The third kappa shape index (κ3) is 4.62. The van der Waals surface area contributed by atoms with E-state index in [1.807, 2.05) is 0 Å². The first kappa shape index (κ1) is 17.2. The second kappa shape index (κ2) is 5.51. The number of halogens is 4. The van der Waals surface area contributed by atoms with E-state index in [0.717, 1.165) is 12.1 Å². The van der Waals surface area contributed by atoms with Crippen LogP contribution in [0.5, 0.6) is 0 Å². The van der Waals surface area contributed by atoms with Crippen molar-refractivity contribution in [1.82, 2.24) is 4.89 Å². The van der Waals surface area contributed by atoms with Gasteiger partial charge in [-0.05, 0) is 39.0 Å². The number of hydrogen-bond donors (Lipinski definition) is 1. The molecule has 9 heteroatoms. The maximum Gasteiger partial charge on any atom is 0.417 e. The Morgan fingerprint density at radius 1 is 1.20 bits per heavy atom. The molecule has 0 saturated heterocycles. The van der Waals surface area contributed by atoms with Crippen LogP contribution in [0.3, 0.4) is 0 Å². The lowest BCUT2D eigenvalue weighted by Gasteiger charge is -2.19. The molecule has 0 fully saturated rings. The van der Waals surface area contributed by atoms with Crippen molar-refractivity contribution in [1.29, 1.82) is 0 Å². The van der Waals surface area contributed by atoms with Crippen molar-refractivity contribution in [2.24, 2.45) is 0 Å². The number of hydrogen-bond acceptors (Lipinski definition) is 3. The van der Waals surface area contributed by atoms with Gasteiger partial charge in [-0.25, -0.2) is 8.42 Å². The third-order valence-corrected chi connectivity index (χ3v) is 3.52. The second-order valence-corrected chi connectivity index (χ2v) is 6.99. The van der Waals surface area contributed by atoms with Crippen LogP contribution in [-0.4, -0.2) is 14.0 Å². The predicted octanol–water partition coefficient (Wildman–Crippen LogP) is 3.37. The molecule has 0 aliphatic heterocycles. The van der Waals surface area contributed by atoms with Crippen LogP contribution in [-0.2, 0) is 21.0 Å². The number of benzene rings is 1. The highest BCUT2D eigenvalue weighted by atomic mass is 35.5. The summed E-state index contributed by atoms with van der Waals surface area (Å²) >= 11 is 5.41. The largest absolute Gasteiger partial charge is 0.417 e. The highest BCUT2D eigenvalue weighted by molar-refractivity contribution is 7.89. The summed E-state index contributed by atoms with van der Waals surface area (Å²) in [6, 6.07) is 2.29. The van der Waals surface area contributed by atoms with E-state index in [1.165, 1.54) is 0 Å². The summed E-state index contributed by atoms with van der Waals surface area (Å²) in [6.07, 6.45) is -4.74. The molecule has 0 radical (unpaired) electrons. The van der Waals surface area contributed by atoms with Crippen molar-refractivity contribution in [3.8, 4) is 0 Å². The van der Waals surface area contributed by atoms with E-state index >= 15 is 0 Å². The van der Waals surface area contributed by atoms with Crippen molar-refractivity contribution >= 4 is 21.6 Å². The average molecular weight is 332 g/mol. The van der Waals surface area contributed by atoms with E-state index in [9.17, 15) is 21.6 Å². The van der Waals surface area contributed by atoms with Crippen molar-refractivity contribution in [2.75, 3.05) is 0 Å². The Balaban J connectivity index is 3.15. The number of rotatable bonds is 3. The summed E-state index contributed by atoms with van der Waals surface area (Å²) in [5.41, 5.74) is -2.05. The van der Waals surface area contributed by atoms with Gasteiger partial charge in [-0.1, -0.05) is 16.5 Å². The molecule has 0 bridgehead atoms. The second-order valence-electron chi connectivity index (χ2n) is 4.94. The molecule has 114 valence electrons. The summed E-state index contributed by atoms with van der Waals surface area (Å²) in [4.78, 5) is 6.04. The van der Waals surface area contributed by atoms with E-state index in [2.05, 4.69) is 0 Å². The fourth-order valence-electron chi connectivity index (χ4n) is 1.12. The van der Waals surface area contributed by atoms with Gasteiger partial charge in [-0.15, -0.1) is 0 Å². The van der Waals surface area contributed by atoms with Crippen LogP contribution in [0.4, 0.5) is 13.2 Å². The molecule has 1 aromatic carbocycles. The van der Waals surface area contributed by atoms with Gasteiger partial charge in [0.05, 0.1) is 21.1 Å². The molecule has 0 saturated carbocycles. The van der Waals surface area contributed by atoms with Gasteiger partial charge in [-0.2, -0.15) is 13.2 Å². The first-order valence-electron chi connectivity index (χ1n) is 5.39. The summed E-state index contributed by atoms with van der Waals surface area (Å²) in [6.45, 7) is 4.75. The highest BCUT2D eigenvalue weighted by Crippen LogP contribution is 2.35. The first-order chi connectivity index (χ1) is 8.83. The van der Waals surface area contributed by atoms with E-state index in [-0.39, 0.29) is 0 Å². The zero-order valence-electron chi connectivity index (χ0n) is 10.9. The molecular weight excluding hydrogens is 319 g/mol. The monoisotopic (exact) mass is 331 g/mol. The van der Waals surface area contributed by atoms with Gasteiger partial charge in [-0.3, -0.25) is 4.84 Å². The number of sulfonamides is 1. The van der Waals surface area contributed by atoms with Crippen molar-refractivity contribution in [2.45, 2.75) is 37.4 Å². The maximum atomic E-state index is 12.7. The van der Waals surface area contributed by atoms with Gasteiger partial charge in [0, 0.05) is 0 Å². The fraction of sp³-hybridized carbons (Fsp3) is 0.455. The lowest BCUT2D eigenvalue weighted by molar-refractivity contribution is -0.137. The molecule has 0 aromatic heterocycles. The lowest BCUT2D eigenvalue weighted by Crippen LogP contribution is -2.33. The van der Waals surface area contributed by atoms with Gasteiger partial charge in [0.15, 0.2) is 0 Å². The van der Waals surface area contributed by atoms with Crippen molar-refractivity contribution < 1.29 is 26.4 Å². The lowest BCUT2D eigenvalue weighted by atomic mass is 10.2. The van der Waals surface area contributed by atoms with Crippen LogP contribution >= 0.6 is 11.6 Å². The van der Waals surface area contributed by atoms with E-state index in [1.54, 1.807) is 25.7 Å². The standard InChI is InChI=1S/C11H13ClF3NO3S/c1-10(2,3)19-16-20(17,18)7-4-5-9(12)8(6-7)11(13,14)15/h4-6,16H,1-3H3. The molecule has 4 nitrogen and oxygen atoms in total. The molecular formula is C11H13ClF3NO3S. The van der Waals surface area contributed by atoms with Gasteiger partial charge in [0.2, 0.25) is 0 Å². The summed E-state index contributed by atoms with van der Waals surface area (Å²) in [7, 11) is -4.22. The van der Waals surface area contributed by atoms with E-state index in [0.29, 0.717) is 6.07 Å². The fourth-order valence-corrected chi connectivity index (χ4v) is 2.32. The van der Waals surface area contributed by atoms with Gasteiger partial charge in [0.25, 0.3) is 10.0 Å². The normalized spacial score (nSPS) is 13.6. The Morgan fingerprint density at radius 2 is 1.75 bits per heavy atom. The zero-order chi connectivity index (χ0) is 15.8. The Kier molecular flexibility index (Phi) is 4.75. The van der Waals surface area contributed by atoms with Crippen molar-refractivity contribution in [3.05, 3.63) is 28.8 Å². The quantitative estimate of drug-likeness (QED) is 0.864. The van der Waals surface area contributed by atoms with Crippen LogP contribution < -0.4 is 4.89 Å². The molecule has 0 unspecified atom stereocenters. The zero-order valence-corrected chi connectivity index (χ0v) is 12.4. The molecule has 20 heavy (non-hydrogen) atoms. The van der Waals surface area contributed by atoms with Crippen LogP contribution in [0.25, 0.3) is 0 Å². The van der Waals surface area contributed by atoms with Gasteiger partial charge in [0.1, 0.15) is 0 Å². The topological polar surface area (TPSA) is 55.4 Å². The molecule has 1 rings (SSSR count). The van der Waals surface area contributed by atoms with Gasteiger partial charge >= 0.3 is 6.18 Å². The Bertz CT molecular complexity index is 594. The van der Waals surface area contributed by atoms with Gasteiger partial charge < -0.3 is 0 Å². The van der Waals surface area contributed by atoms with E-state index in [4.69, 9.17) is 16.4 Å². The number of alkyl halides is 3. The maximum absolute atomic E-state index is 12.7. The first-order valence-corrected chi connectivity index (χ1v) is 7.25. The van der Waals surface area contributed by atoms with Crippen molar-refractivity contribution in [3.63, 3.8) is 0 Å². The molecule has 0 aliphatic carbocycles. The van der Waals surface area contributed by atoms with Crippen LogP contribution in [0.15, 0.2) is 23.1 Å². The minimum Gasteiger partial charge on any atom is -0.281 e. The molecule has 0 atom stereocenters. The molecule has 0 heterocycles. The SMILES string of the molecule is CC(C)(C)ONS(=O)(=O)c1ccc(Cl)c(C(F)(F)F)c1. The van der Waals surface area contributed by atoms with Crippen LogP contribution in [0.2, 0.25) is 5.02 Å². The highest BCUT2D eigenvalue weighted by Gasteiger charge is 2.34. The molecule has 0 spiro atoms. The molecule has 0 amide bonds. The minimum atomic E-state index is -4.74. The van der Waals surface area contributed by atoms with E-state index < -0.39 is 37.3 Å². The smallest absolute Gasteiger partial charge is 0.281 e. The Labute approximate surface area is 119 Å². The summed E-state index contributed by atoms with van der Waals surface area (Å²) in [5.74, 6) is 0. The Morgan fingerprint density at radius 3 is 2.20 bits per heavy atom. The Hall–Kier alpha value is -0.830. The molecule has 0 aliphatic rings. The molecule has 1 aromatic rings. The minimum absolute atomic E-state index is 0.455. The van der Waals surface area contributed by atoms with Crippen LogP contribution in [0.1, 0.15) is 26.3 Å². The summed E-state index contributed by atoms with van der Waals surface area (Å²) in [5, 5.41) is -0.576. The summed E-state index contributed by atoms with van der Waals surface area (Å²) < 4.78 is 61.6.